The molecule has 21 heavy (non-hydrogen) atoms. The van der Waals surface area contributed by atoms with Crippen molar-refractivity contribution in [3.63, 3.8) is 0 Å². The molecule has 2 fully saturated rings. The summed E-state index contributed by atoms with van der Waals surface area (Å²) in [5.74, 6) is 0.698. The quantitative estimate of drug-likeness (QED) is 0.919. The van der Waals surface area contributed by atoms with Gasteiger partial charge in [-0.2, -0.15) is 0 Å². The molecular weight excluding hydrogens is 256 g/mol. The summed E-state index contributed by atoms with van der Waals surface area (Å²) < 4.78 is 0. The van der Waals surface area contributed by atoms with E-state index in [0.717, 1.165) is 6.04 Å². The fourth-order valence-electron chi connectivity index (χ4n) is 3.65. The van der Waals surface area contributed by atoms with Crippen LogP contribution in [0.5, 0.6) is 0 Å². The molecule has 2 aliphatic rings. The number of benzene rings is 1. The van der Waals surface area contributed by atoms with Crippen LogP contribution in [-0.4, -0.2) is 17.1 Å². The number of fused-ring (bicyclic) bond motifs is 2. The van der Waals surface area contributed by atoms with Crippen molar-refractivity contribution < 1.29 is 0 Å². The van der Waals surface area contributed by atoms with Crippen molar-refractivity contribution in [2.24, 2.45) is 5.92 Å². The first-order valence-electron chi connectivity index (χ1n) is 7.83. The van der Waals surface area contributed by atoms with Gasteiger partial charge in [0.05, 0.1) is 0 Å². The van der Waals surface area contributed by atoms with E-state index in [1.807, 2.05) is 18.5 Å². The molecule has 2 nitrogen and oxygen atoms in total. The van der Waals surface area contributed by atoms with Crippen LogP contribution in [0.2, 0.25) is 0 Å². The van der Waals surface area contributed by atoms with Gasteiger partial charge >= 0.3 is 0 Å². The average molecular weight is 276 g/mol. The Morgan fingerprint density at radius 1 is 1.05 bits per heavy atom. The molecule has 1 aromatic heterocycles. The lowest BCUT2D eigenvalue weighted by Crippen LogP contribution is -2.21. The fourth-order valence-corrected chi connectivity index (χ4v) is 3.65. The predicted octanol–water partition coefficient (Wildman–Crippen LogP) is 3.90. The van der Waals surface area contributed by atoms with Crippen LogP contribution in [0.1, 0.15) is 24.8 Å². The largest absolute Gasteiger partial charge is 0.311 e. The number of hydrogen-bond acceptors (Lipinski definition) is 2. The van der Waals surface area contributed by atoms with Gasteiger partial charge in [0.1, 0.15) is 0 Å². The minimum absolute atomic E-state index is 0.698. The second kappa shape index (κ2) is 5.45. The van der Waals surface area contributed by atoms with Gasteiger partial charge in [0, 0.05) is 30.0 Å². The molecule has 2 heteroatoms. The molecule has 2 aromatic rings. The zero-order valence-electron chi connectivity index (χ0n) is 12.1. The molecule has 3 atom stereocenters. The summed E-state index contributed by atoms with van der Waals surface area (Å²) in [5.41, 5.74) is 3.60. The van der Waals surface area contributed by atoms with Crippen molar-refractivity contribution >= 4 is 6.08 Å². The van der Waals surface area contributed by atoms with Crippen molar-refractivity contribution in [2.45, 2.75) is 31.3 Å². The van der Waals surface area contributed by atoms with E-state index in [2.05, 4.69) is 52.8 Å². The number of nitrogens with zero attached hydrogens (tertiary/aromatic N) is 1. The zero-order valence-corrected chi connectivity index (χ0v) is 12.1. The number of rotatable bonds is 3. The van der Waals surface area contributed by atoms with Crippen LogP contribution in [-0.2, 0) is 0 Å². The lowest BCUT2D eigenvalue weighted by Gasteiger charge is -2.15. The minimum Gasteiger partial charge on any atom is -0.311 e. The van der Waals surface area contributed by atoms with E-state index in [-0.39, 0.29) is 0 Å². The van der Waals surface area contributed by atoms with Crippen molar-refractivity contribution in [1.82, 2.24) is 10.3 Å². The molecule has 0 aliphatic carbocycles. The maximum atomic E-state index is 4.39. The summed E-state index contributed by atoms with van der Waals surface area (Å²) in [6, 6.07) is 14.1. The topological polar surface area (TPSA) is 24.9 Å². The third kappa shape index (κ3) is 2.64. The SMILES string of the molecule is C(=C\C1CC2CCC1N2)/c1cncc(-c2ccccc2)c1. The number of nitrogens with one attached hydrogen (secondary N) is 1. The first-order valence-corrected chi connectivity index (χ1v) is 7.83. The summed E-state index contributed by atoms with van der Waals surface area (Å²) in [7, 11) is 0. The second-order valence-electron chi connectivity index (χ2n) is 6.18. The van der Waals surface area contributed by atoms with Gasteiger partial charge < -0.3 is 5.32 Å². The standard InChI is InChI=1S/C19H20N2/c1-2-4-15(5-3-1)17-10-14(12-20-13-17)6-7-16-11-18-8-9-19(16)21-18/h1-7,10,12-13,16,18-19,21H,8-9,11H2/b7-6+. The first-order chi connectivity index (χ1) is 10.4. The molecule has 106 valence electrons. The highest BCUT2D eigenvalue weighted by Crippen LogP contribution is 2.34. The highest BCUT2D eigenvalue weighted by molar-refractivity contribution is 5.66. The summed E-state index contributed by atoms with van der Waals surface area (Å²) in [5, 5.41) is 3.68. The number of aromatic nitrogens is 1. The highest BCUT2D eigenvalue weighted by Gasteiger charge is 2.37. The molecule has 0 amide bonds. The van der Waals surface area contributed by atoms with E-state index < -0.39 is 0 Å². The maximum absolute atomic E-state index is 4.39. The Morgan fingerprint density at radius 3 is 2.71 bits per heavy atom. The van der Waals surface area contributed by atoms with Gasteiger partial charge in [-0.15, -0.1) is 0 Å². The first kappa shape index (κ1) is 12.8. The molecule has 3 unspecified atom stereocenters. The van der Waals surface area contributed by atoms with Crippen LogP contribution in [0.3, 0.4) is 0 Å². The van der Waals surface area contributed by atoms with E-state index in [4.69, 9.17) is 0 Å². The van der Waals surface area contributed by atoms with Crippen LogP contribution >= 0.6 is 0 Å². The van der Waals surface area contributed by atoms with Gasteiger partial charge in [-0.05, 0) is 42.4 Å². The number of hydrogen-bond donors (Lipinski definition) is 1. The molecule has 0 radical (unpaired) electrons. The normalized spacial score (nSPS) is 27.5. The molecule has 3 heterocycles. The molecule has 0 saturated carbocycles. The van der Waals surface area contributed by atoms with Crippen LogP contribution in [0, 0.1) is 5.92 Å². The van der Waals surface area contributed by atoms with E-state index >= 15 is 0 Å². The Hall–Kier alpha value is -1.93. The Kier molecular flexibility index (Phi) is 3.32. The molecule has 2 bridgehead atoms. The Balaban J connectivity index is 1.53. The average Bonchev–Trinajstić information content (AvgIpc) is 3.17. The van der Waals surface area contributed by atoms with Gasteiger partial charge in [-0.3, -0.25) is 4.98 Å². The summed E-state index contributed by atoms with van der Waals surface area (Å²) in [6.07, 6.45) is 12.5. The van der Waals surface area contributed by atoms with Gasteiger partial charge in [0.2, 0.25) is 0 Å². The maximum Gasteiger partial charge on any atom is 0.0346 e. The predicted molar refractivity (Wildman–Crippen MR) is 86.8 cm³/mol. The second-order valence-corrected chi connectivity index (χ2v) is 6.18. The lowest BCUT2D eigenvalue weighted by molar-refractivity contribution is 0.481. The molecular formula is C19H20N2. The molecule has 4 rings (SSSR count). The van der Waals surface area contributed by atoms with Gasteiger partial charge in [0.15, 0.2) is 0 Å². The van der Waals surface area contributed by atoms with Crippen LogP contribution < -0.4 is 5.32 Å². The molecule has 1 aromatic carbocycles. The van der Waals surface area contributed by atoms with Crippen molar-refractivity contribution in [3.8, 4) is 11.1 Å². The van der Waals surface area contributed by atoms with E-state index in [1.165, 1.54) is 36.0 Å². The molecule has 1 N–H and O–H groups in total. The van der Waals surface area contributed by atoms with Gasteiger partial charge in [-0.1, -0.05) is 42.5 Å². The highest BCUT2D eigenvalue weighted by atomic mass is 15.0. The van der Waals surface area contributed by atoms with E-state index in [0.29, 0.717) is 12.0 Å². The van der Waals surface area contributed by atoms with Gasteiger partial charge in [0.25, 0.3) is 0 Å². The van der Waals surface area contributed by atoms with Gasteiger partial charge in [-0.25, -0.2) is 0 Å². The van der Waals surface area contributed by atoms with Crippen LogP contribution in [0.25, 0.3) is 17.2 Å². The van der Waals surface area contributed by atoms with Crippen molar-refractivity contribution in [1.29, 1.82) is 0 Å². The Bertz CT molecular complexity index is 648. The van der Waals surface area contributed by atoms with Crippen molar-refractivity contribution in [2.75, 3.05) is 0 Å². The van der Waals surface area contributed by atoms with Crippen LogP contribution in [0.4, 0.5) is 0 Å². The Morgan fingerprint density at radius 2 is 1.95 bits per heavy atom. The molecule has 2 aliphatic heterocycles. The third-order valence-electron chi connectivity index (χ3n) is 4.75. The fraction of sp³-hybridized carbons (Fsp3) is 0.316. The summed E-state index contributed by atoms with van der Waals surface area (Å²) in [6.45, 7) is 0. The monoisotopic (exact) mass is 276 g/mol. The summed E-state index contributed by atoms with van der Waals surface area (Å²) in [4.78, 5) is 4.39. The third-order valence-corrected chi connectivity index (χ3v) is 4.75. The number of pyridine rings is 1. The van der Waals surface area contributed by atoms with E-state index in [1.54, 1.807) is 0 Å². The molecule has 2 saturated heterocycles. The smallest absolute Gasteiger partial charge is 0.0346 e. The van der Waals surface area contributed by atoms with Crippen molar-refractivity contribution in [3.05, 3.63) is 60.4 Å². The minimum atomic E-state index is 0.698. The van der Waals surface area contributed by atoms with E-state index in [9.17, 15) is 0 Å². The zero-order chi connectivity index (χ0) is 14.1. The lowest BCUT2D eigenvalue weighted by atomic mass is 9.88. The summed E-state index contributed by atoms with van der Waals surface area (Å²) >= 11 is 0. The Labute approximate surface area is 125 Å². The van der Waals surface area contributed by atoms with Crippen LogP contribution in [0.15, 0.2) is 54.9 Å². The molecule has 0 spiro atoms.